The molecule has 0 aliphatic carbocycles. The maximum absolute atomic E-state index is 13.1. The molecule has 3 aliphatic rings. The van der Waals surface area contributed by atoms with E-state index in [-0.39, 0.29) is 41.2 Å². The minimum atomic E-state index is -0.322. The zero-order chi connectivity index (χ0) is 21.5. The molecule has 2 fully saturated rings. The number of hydrogen-bond acceptors (Lipinski definition) is 5. The SMILES string of the molecule is Cn1cc2c(c(C(=O)N[C@@H]3C[C@@H]4CC[C@H]3O4)c1=O)CCN(C(=O)CCn1cccn1)C2. The Bertz CT molecular complexity index is 1060. The van der Waals surface area contributed by atoms with Gasteiger partial charge >= 0.3 is 0 Å². The van der Waals surface area contributed by atoms with Gasteiger partial charge in [-0.25, -0.2) is 0 Å². The number of fused-ring (bicyclic) bond motifs is 3. The summed E-state index contributed by atoms with van der Waals surface area (Å²) in [6, 6.07) is 1.80. The summed E-state index contributed by atoms with van der Waals surface area (Å²) >= 11 is 0. The van der Waals surface area contributed by atoms with Crippen molar-refractivity contribution >= 4 is 11.8 Å². The molecule has 1 N–H and O–H groups in total. The summed E-state index contributed by atoms with van der Waals surface area (Å²) in [4.78, 5) is 40.4. The van der Waals surface area contributed by atoms with Gasteiger partial charge in [0.15, 0.2) is 0 Å². The highest BCUT2D eigenvalue weighted by atomic mass is 16.5. The van der Waals surface area contributed by atoms with Crippen LogP contribution in [0.3, 0.4) is 0 Å². The second-order valence-electron chi connectivity index (χ2n) is 8.70. The molecular weight excluding hydrogens is 398 g/mol. The molecule has 5 heterocycles. The van der Waals surface area contributed by atoms with Gasteiger partial charge in [0, 0.05) is 51.7 Å². The lowest BCUT2D eigenvalue weighted by Crippen LogP contribution is -2.45. The largest absolute Gasteiger partial charge is 0.373 e. The van der Waals surface area contributed by atoms with Crippen molar-refractivity contribution in [1.82, 2.24) is 24.6 Å². The lowest BCUT2D eigenvalue weighted by Gasteiger charge is -2.30. The Labute approximate surface area is 180 Å². The molecule has 5 rings (SSSR count). The van der Waals surface area contributed by atoms with Gasteiger partial charge in [0.1, 0.15) is 5.56 Å². The van der Waals surface area contributed by atoms with Gasteiger partial charge in [-0.05, 0) is 42.9 Å². The van der Waals surface area contributed by atoms with Gasteiger partial charge in [0.25, 0.3) is 11.5 Å². The van der Waals surface area contributed by atoms with E-state index in [0.717, 1.165) is 30.4 Å². The number of nitrogens with zero attached hydrogens (tertiary/aromatic N) is 4. The van der Waals surface area contributed by atoms with Crippen molar-refractivity contribution in [2.45, 2.75) is 63.4 Å². The minimum Gasteiger partial charge on any atom is -0.373 e. The quantitative estimate of drug-likeness (QED) is 0.757. The predicted molar refractivity (Wildman–Crippen MR) is 111 cm³/mol. The topological polar surface area (TPSA) is 98.5 Å². The molecule has 0 aromatic carbocycles. The van der Waals surface area contributed by atoms with Crippen LogP contribution in [0.25, 0.3) is 0 Å². The first-order valence-electron chi connectivity index (χ1n) is 10.9. The Kier molecular flexibility index (Phi) is 5.13. The van der Waals surface area contributed by atoms with Crippen molar-refractivity contribution in [3.63, 3.8) is 0 Å². The first-order chi connectivity index (χ1) is 15.0. The minimum absolute atomic E-state index is 0.0317. The Morgan fingerprint density at radius 2 is 2.19 bits per heavy atom. The van der Waals surface area contributed by atoms with E-state index in [0.29, 0.717) is 32.5 Å². The fourth-order valence-corrected chi connectivity index (χ4v) is 5.07. The number of carbonyl (C=O) groups is 2. The van der Waals surface area contributed by atoms with Crippen molar-refractivity contribution in [2.75, 3.05) is 6.54 Å². The van der Waals surface area contributed by atoms with Crippen LogP contribution in [-0.4, -0.2) is 55.9 Å². The molecule has 2 saturated heterocycles. The van der Waals surface area contributed by atoms with Gasteiger partial charge in [-0.3, -0.25) is 19.1 Å². The average Bonchev–Trinajstić information content (AvgIpc) is 3.51. The first kappa shape index (κ1) is 20.0. The highest BCUT2D eigenvalue weighted by Crippen LogP contribution is 2.34. The van der Waals surface area contributed by atoms with Crippen LogP contribution in [0.2, 0.25) is 0 Å². The maximum atomic E-state index is 13.1. The maximum Gasteiger partial charge on any atom is 0.263 e. The number of carbonyl (C=O) groups excluding carboxylic acids is 2. The molecule has 2 aromatic rings. The number of ether oxygens (including phenoxy) is 1. The van der Waals surface area contributed by atoms with Gasteiger partial charge in [-0.2, -0.15) is 5.10 Å². The molecule has 3 atom stereocenters. The van der Waals surface area contributed by atoms with Gasteiger partial charge in [-0.15, -0.1) is 0 Å². The molecule has 9 heteroatoms. The second-order valence-corrected chi connectivity index (χ2v) is 8.70. The van der Waals surface area contributed by atoms with Crippen molar-refractivity contribution < 1.29 is 14.3 Å². The van der Waals surface area contributed by atoms with E-state index in [1.165, 1.54) is 4.57 Å². The molecule has 31 heavy (non-hydrogen) atoms. The third-order valence-corrected chi connectivity index (χ3v) is 6.68. The van der Waals surface area contributed by atoms with Crippen LogP contribution in [0.15, 0.2) is 29.5 Å². The Balaban J connectivity index is 1.32. The number of hydrogen-bond donors (Lipinski definition) is 1. The van der Waals surface area contributed by atoms with E-state index in [1.54, 1.807) is 29.0 Å². The highest BCUT2D eigenvalue weighted by molar-refractivity contribution is 5.96. The van der Waals surface area contributed by atoms with E-state index in [4.69, 9.17) is 4.74 Å². The van der Waals surface area contributed by atoms with Crippen LogP contribution >= 0.6 is 0 Å². The van der Waals surface area contributed by atoms with Gasteiger partial charge in [0.2, 0.25) is 5.91 Å². The van der Waals surface area contributed by atoms with Crippen LogP contribution in [0, 0.1) is 0 Å². The van der Waals surface area contributed by atoms with E-state index < -0.39 is 0 Å². The summed E-state index contributed by atoms with van der Waals surface area (Å²) < 4.78 is 9.01. The third kappa shape index (κ3) is 3.78. The van der Waals surface area contributed by atoms with E-state index in [9.17, 15) is 14.4 Å². The van der Waals surface area contributed by atoms with E-state index in [2.05, 4.69) is 10.4 Å². The summed E-state index contributed by atoms with van der Waals surface area (Å²) in [7, 11) is 1.65. The number of nitrogens with one attached hydrogen (secondary N) is 1. The van der Waals surface area contributed by atoms with Gasteiger partial charge in [0.05, 0.1) is 18.2 Å². The average molecular weight is 425 g/mol. The number of pyridine rings is 1. The van der Waals surface area contributed by atoms with Crippen molar-refractivity contribution in [2.24, 2.45) is 7.05 Å². The van der Waals surface area contributed by atoms with Gasteiger partial charge < -0.3 is 19.5 Å². The van der Waals surface area contributed by atoms with Crippen LogP contribution in [-0.2, 0) is 36.1 Å². The molecule has 2 amide bonds. The summed E-state index contributed by atoms with van der Waals surface area (Å²) in [5.74, 6) is -0.280. The summed E-state index contributed by atoms with van der Waals surface area (Å²) in [5.41, 5.74) is 1.54. The van der Waals surface area contributed by atoms with Crippen molar-refractivity contribution in [3.8, 4) is 0 Å². The molecule has 2 bridgehead atoms. The summed E-state index contributed by atoms with van der Waals surface area (Å²) in [6.07, 6.45) is 9.23. The second kappa shape index (κ2) is 7.96. The van der Waals surface area contributed by atoms with Crippen LogP contribution in [0.4, 0.5) is 0 Å². The normalized spacial score (nSPS) is 24.3. The lowest BCUT2D eigenvalue weighted by atomic mass is 9.93. The smallest absolute Gasteiger partial charge is 0.263 e. The van der Waals surface area contributed by atoms with Crippen LogP contribution in [0.5, 0.6) is 0 Å². The molecule has 9 nitrogen and oxygen atoms in total. The van der Waals surface area contributed by atoms with Crippen molar-refractivity contribution in [3.05, 3.63) is 51.7 Å². The number of aromatic nitrogens is 3. The molecular formula is C22H27N5O4. The lowest BCUT2D eigenvalue weighted by molar-refractivity contribution is -0.132. The predicted octanol–water partition coefficient (Wildman–Crippen LogP) is 0.607. The molecule has 0 spiro atoms. The summed E-state index contributed by atoms with van der Waals surface area (Å²) in [5, 5.41) is 7.18. The number of aryl methyl sites for hydroxylation is 2. The molecule has 164 valence electrons. The molecule has 2 aromatic heterocycles. The molecule has 0 saturated carbocycles. The standard InChI is InChI=1S/C22H27N5O4/c1-25-12-14-13-26(19(28)6-10-27-8-2-7-23-27)9-5-16(14)20(22(25)30)21(29)24-17-11-15-3-4-18(17)31-15/h2,7-8,12,15,17-18H,3-6,9-11,13H2,1H3,(H,24,29)/t15-,17+,18+/m0/s1. The van der Waals surface area contributed by atoms with Crippen LogP contribution < -0.4 is 10.9 Å². The number of amides is 2. The Morgan fingerprint density at radius 1 is 1.32 bits per heavy atom. The third-order valence-electron chi connectivity index (χ3n) is 6.68. The molecule has 0 radical (unpaired) electrons. The number of rotatable bonds is 5. The van der Waals surface area contributed by atoms with Gasteiger partial charge in [-0.1, -0.05) is 0 Å². The zero-order valence-electron chi connectivity index (χ0n) is 17.6. The van der Waals surface area contributed by atoms with Crippen molar-refractivity contribution in [1.29, 1.82) is 0 Å². The van der Waals surface area contributed by atoms with Crippen LogP contribution in [0.1, 0.15) is 47.2 Å². The zero-order valence-corrected chi connectivity index (χ0v) is 17.6. The highest BCUT2D eigenvalue weighted by Gasteiger charge is 2.42. The fraction of sp³-hybridized carbons (Fsp3) is 0.545. The molecule has 0 unspecified atom stereocenters. The first-order valence-corrected chi connectivity index (χ1v) is 10.9. The summed E-state index contributed by atoms with van der Waals surface area (Å²) in [6.45, 7) is 1.43. The van der Waals surface area contributed by atoms with E-state index >= 15 is 0 Å². The Hall–Kier alpha value is -2.94. The fourth-order valence-electron chi connectivity index (χ4n) is 5.07. The van der Waals surface area contributed by atoms with E-state index in [1.807, 2.05) is 12.3 Å². The Morgan fingerprint density at radius 3 is 2.90 bits per heavy atom. The molecule has 3 aliphatic heterocycles. The monoisotopic (exact) mass is 425 g/mol.